The zero-order valence-corrected chi connectivity index (χ0v) is 11.5. The number of carbonyl (C=O) groups excluding carboxylic acids is 1. The molecule has 2 heterocycles. The summed E-state index contributed by atoms with van der Waals surface area (Å²) < 4.78 is 0. The van der Waals surface area contributed by atoms with Gasteiger partial charge in [-0.2, -0.15) is 0 Å². The lowest BCUT2D eigenvalue weighted by Gasteiger charge is -2.35. The van der Waals surface area contributed by atoms with Crippen LogP contribution in [-0.2, 0) is 4.79 Å². The van der Waals surface area contributed by atoms with Gasteiger partial charge in [0.2, 0.25) is 11.9 Å². The first-order valence-electron chi connectivity index (χ1n) is 6.67. The molecular weight excluding hydrogens is 242 g/mol. The van der Waals surface area contributed by atoms with E-state index in [4.69, 9.17) is 0 Å². The summed E-state index contributed by atoms with van der Waals surface area (Å²) in [6, 6.07) is 1.81. The summed E-state index contributed by atoms with van der Waals surface area (Å²) in [6.07, 6.45) is 3.49. The molecule has 1 unspecified atom stereocenters. The summed E-state index contributed by atoms with van der Waals surface area (Å²) in [7, 11) is 1.87. The number of nitrogens with one attached hydrogen (secondary N) is 1. The van der Waals surface area contributed by atoms with Gasteiger partial charge >= 0.3 is 0 Å². The Kier molecular flexibility index (Phi) is 4.68. The third-order valence-corrected chi connectivity index (χ3v) is 3.36. The van der Waals surface area contributed by atoms with Gasteiger partial charge in [-0.3, -0.25) is 4.79 Å². The average molecular weight is 263 g/mol. The van der Waals surface area contributed by atoms with Gasteiger partial charge in [0.1, 0.15) is 0 Å². The molecule has 1 N–H and O–H groups in total. The molecule has 6 heteroatoms. The van der Waals surface area contributed by atoms with Crippen molar-refractivity contribution in [1.29, 1.82) is 0 Å². The van der Waals surface area contributed by atoms with Crippen LogP contribution < -0.4 is 10.2 Å². The van der Waals surface area contributed by atoms with Crippen LogP contribution in [0.5, 0.6) is 0 Å². The van der Waals surface area contributed by atoms with Crippen LogP contribution >= 0.6 is 0 Å². The van der Waals surface area contributed by atoms with Crippen molar-refractivity contribution in [2.45, 2.75) is 6.92 Å². The van der Waals surface area contributed by atoms with E-state index in [9.17, 15) is 4.79 Å². The molecule has 0 aliphatic carbocycles. The van der Waals surface area contributed by atoms with Crippen molar-refractivity contribution in [2.24, 2.45) is 5.92 Å². The van der Waals surface area contributed by atoms with E-state index in [0.29, 0.717) is 0 Å². The van der Waals surface area contributed by atoms with Gasteiger partial charge in [0, 0.05) is 51.0 Å². The van der Waals surface area contributed by atoms with E-state index in [-0.39, 0.29) is 11.8 Å². The van der Waals surface area contributed by atoms with Gasteiger partial charge in [-0.05, 0) is 13.1 Å². The molecule has 2 rings (SSSR count). The summed E-state index contributed by atoms with van der Waals surface area (Å²) >= 11 is 0. The second-order valence-corrected chi connectivity index (χ2v) is 4.82. The van der Waals surface area contributed by atoms with E-state index < -0.39 is 0 Å². The Morgan fingerprint density at radius 2 is 1.95 bits per heavy atom. The molecule has 1 saturated heterocycles. The molecule has 6 nitrogen and oxygen atoms in total. The Morgan fingerprint density at radius 3 is 2.53 bits per heavy atom. The van der Waals surface area contributed by atoms with Crippen LogP contribution in [-0.4, -0.2) is 60.5 Å². The summed E-state index contributed by atoms with van der Waals surface area (Å²) in [4.78, 5) is 24.7. The normalized spacial score (nSPS) is 17.4. The predicted octanol–water partition coefficient (Wildman–Crippen LogP) is -0.0193. The van der Waals surface area contributed by atoms with E-state index in [1.165, 1.54) is 0 Å². The monoisotopic (exact) mass is 263 g/mol. The molecule has 1 aliphatic rings. The largest absolute Gasteiger partial charge is 0.339 e. The van der Waals surface area contributed by atoms with Crippen molar-refractivity contribution in [3.05, 3.63) is 18.5 Å². The second-order valence-electron chi connectivity index (χ2n) is 4.82. The minimum Gasteiger partial charge on any atom is -0.339 e. The maximum atomic E-state index is 12.2. The molecule has 1 atom stereocenters. The highest BCUT2D eigenvalue weighted by molar-refractivity contribution is 5.79. The minimum atomic E-state index is 0.0320. The smallest absolute Gasteiger partial charge is 0.226 e. The lowest BCUT2D eigenvalue weighted by molar-refractivity contribution is -0.135. The first-order chi connectivity index (χ1) is 9.22. The van der Waals surface area contributed by atoms with Crippen molar-refractivity contribution < 1.29 is 4.79 Å². The lowest BCUT2D eigenvalue weighted by atomic mass is 10.1. The van der Waals surface area contributed by atoms with Crippen LogP contribution in [0.4, 0.5) is 5.95 Å². The SMILES string of the molecule is CNCC(C)C(=O)N1CCN(c2ncccn2)CC1. The molecule has 104 valence electrons. The highest BCUT2D eigenvalue weighted by Crippen LogP contribution is 2.11. The summed E-state index contributed by atoms with van der Waals surface area (Å²) in [5.41, 5.74) is 0. The van der Waals surface area contributed by atoms with Crippen LogP contribution in [0.25, 0.3) is 0 Å². The molecule has 0 radical (unpaired) electrons. The third-order valence-electron chi connectivity index (χ3n) is 3.36. The fourth-order valence-corrected chi connectivity index (χ4v) is 2.29. The van der Waals surface area contributed by atoms with E-state index in [2.05, 4.69) is 20.2 Å². The van der Waals surface area contributed by atoms with Crippen LogP contribution in [0.2, 0.25) is 0 Å². The van der Waals surface area contributed by atoms with E-state index in [0.717, 1.165) is 38.7 Å². The number of aromatic nitrogens is 2. The molecule has 1 amide bonds. The summed E-state index contributed by atoms with van der Waals surface area (Å²) in [6.45, 7) is 5.76. The molecule has 0 saturated carbocycles. The third kappa shape index (κ3) is 3.41. The van der Waals surface area contributed by atoms with Crippen molar-refractivity contribution in [3.8, 4) is 0 Å². The van der Waals surface area contributed by atoms with Crippen molar-refractivity contribution >= 4 is 11.9 Å². The first kappa shape index (κ1) is 13.7. The van der Waals surface area contributed by atoms with E-state index in [1.54, 1.807) is 12.4 Å². The summed E-state index contributed by atoms with van der Waals surface area (Å²) in [5.74, 6) is 1.00. The number of amides is 1. The highest BCUT2D eigenvalue weighted by Gasteiger charge is 2.25. The van der Waals surface area contributed by atoms with Gasteiger partial charge in [-0.25, -0.2) is 9.97 Å². The maximum Gasteiger partial charge on any atom is 0.226 e. The number of piperazine rings is 1. The Bertz CT molecular complexity index is 403. The number of hydrogen-bond acceptors (Lipinski definition) is 5. The molecule has 19 heavy (non-hydrogen) atoms. The van der Waals surface area contributed by atoms with Gasteiger partial charge in [0.25, 0.3) is 0 Å². The number of carbonyl (C=O) groups is 1. The molecule has 0 aromatic carbocycles. The average Bonchev–Trinajstić information content (AvgIpc) is 2.48. The predicted molar refractivity (Wildman–Crippen MR) is 73.9 cm³/mol. The molecule has 1 aromatic rings. The van der Waals surface area contributed by atoms with Gasteiger partial charge in [-0.1, -0.05) is 6.92 Å². The van der Waals surface area contributed by atoms with Crippen LogP contribution in [0.3, 0.4) is 0 Å². The van der Waals surface area contributed by atoms with Gasteiger partial charge < -0.3 is 15.1 Å². The Morgan fingerprint density at radius 1 is 1.32 bits per heavy atom. The van der Waals surface area contributed by atoms with Gasteiger partial charge in [0.05, 0.1) is 0 Å². The zero-order valence-electron chi connectivity index (χ0n) is 11.5. The van der Waals surface area contributed by atoms with Gasteiger partial charge in [-0.15, -0.1) is 0 Å². The summed E-state index contributed by atoms with van der Waals surface area (Å²) in [5, 5.41) is 3.04. The van der Waals surface area contributed by atoms with Crippen molar-refractivity contribution in [1.82, 2.24) is 20.2 Å². The number of rotatable bonds is 4. The van der Waals surface area contributed by atoms with E-state index >= 15 is 0 Å². The van der Waals surface area contributed by atoms with Crippen LogP contribution in [0.15, 0.2) is 18.5 Å². The van der Waals surface area contributed by atoms with Gasteiger partial charge in [0.15, 0.2) is 0 Å². The Hall–Kier alpha value is -1.69. The molecular formula is C13H21N5O. The van der Waals surface area contributed by atoms with Crippen LogP contribution in [0.1, 0.15) is 6.92 Å². The molecule has 1 fully saturated rings. The minimum absolute atomic E-state index is 0.0320. The fourth-order valence-electron chi connectivity index (χ4n) is 2.29. The molecule has 1 aliphatic heterocycles. The number of anilines is 1. The Balaban J connectivity index is 1.87. The molecule has 1 aromatic heterocycles. The zero-order chi connectivity index (χ0) is 13.7. The molecule has 0 bridgehead atoms. The van der Waals surface area contributed by atoms with E-state index in [1.807, 2.05) is 24.9 Å². The Labute approximate surface area is 113 Å². The molecule has 0 spiro atoms. The lowest BCUT2D eigenvalue weighted by Crippen LogP contribution is -2.51. The van der Waals surface area contributed by atoms with Crippen LogP contribution in [0, 0.1) is 5.92 Å². The number of hydrogen-bond donors (Lipinski definition) is 1. The topological polar surface area (TPSA) is 61.4 Å². The highest BCUT2D eigenvalue weighted by atomic mass is 16.2. The standard InChI is InChI=1S/C13H21N5O/c1-11(10-14-2)12(19)17-6-8-18(9-7-17)13-15-4-3-5-16-13/h3-5,11,14H,6-10H2,1-2H3. The van der Waals surface area contributed by atoms with Crippen molar-refractivity contribution in [2.75, 3.05) is 44.7 Å². The number of nitrogens with zero attached hydrogens (tertiary/aromatic N) is 4. The second kappa shape index (κ2) is 6.47. The van der Waals surface area contributed by atoms with Crippen molar-refractivity contribution in [3.63, 3.8) is 0 Å². The quantitative estimate of drug-likeness (QED) is 0.827. The maximum absolute atomic E-state index is 12.2. The fraction of sp³-hybridized carbons (Fsp3) is 0.615. The first-order valence-corrected chi connectivity index (χ1v) is 6.67.